The maximum Gasteiger partial charge on any atom is 0.139 e. The zero-order chi connectivity index (χ0) is 14.5. The molecule has 0 bridgehead atoms. The zero-order valence-corrected chi connectivity index (χ0v) is 13.5. The second-order valence-electron chi connectivity index (χ2n) is 5.44. The van der Waals surface area contributed by atoms with Crippen molar-refractivity contribution in [3.05, 3.63) is 28.2 Å². The molecule has 1 saturated heterocycles. The molecular weight excluding hydrogens is 297 g/mol. The quantitative estimate of drug-likeness (QED) is 0.843. The third kappa shape index (κ3) is 4.81. The van der Waals surface area contributed by atoms with Crippen molar-refractivity contribution in [1.29, 1.82) is 0 Å². The molecule has 1 aromatic rings. The van der Waals surface area contributed by atoms with Gasteiger partial charge in [0.25, 0.3) is 0 Å². The van der Waals surface area contributed by atoms with Crippen molar-refractivity contribution in [2.24, 2.45) is 0 Å². The highest BCUT2D eigenvalue weighted by Crippen LogP contribution is 2.27. The van der Waals surface area contributed by atoms with E-state index in [9.17, 15) is 0 Å². The summed E-state index contributed by atoms with van der Waals surface area (Å²) in [5, 5.41) is 1.25. The van der Waals surface area contributed by atoms with Crippen LogP contribution in [0.5, 0.6) is 5.75 Å². The molecule has 2 rings (SSSR count). The Morgan fingerprint density at radius 2 is 1.95 bits per heavy atom. The first-order chi connectivity index (χ1) is 9.54. The molecule has 1 N–H and O–H groups in total. The van der Waals surface area contributed by atoms with E-state index in [4.69, 9.17) is 32.7 Å². The largest absolute Gasteiger partial charge is 0.492 e. The number of quaternary nitrogens is 1. The lowest BCUT2D eigenvalue weighted by molar-refractivity contribution is -0.915. The third-order valence-electron chi connectivity index (χ3n) is 3.44. The van der Waals surface area contributed by atoms with Crippen LogP contribution in [0.4, 0.5) is 0 Å². The Morgan fingerprint density at radius 3 is 2.65 bits per heavy atom. The van der Waals surface area contributed by atoms with Gasteiger partial charge in [0.1, 0.15) is 31.0 Å². The van der Waals surface area contributed by atoms with Gasteiger partial charge in [-0.3, -0.25) is 0 Å². The van der Waals surface area contributed by atoms with Gasteiger partial charge in [-0.05, 0) is 26.0 Å². The average molecular weight is 319 g/mol. The molecular formula is C15H22Cl2NO2+. The van der Waals surface area contributed by atoms with Gasteiger partial charge < -0.3 is 14.4 Å². The first-order valence-electron chi connectivity index (χ1n) is 7.11. The summed E-state index contributed by atoms with van der Waals surface area (Å²) in [6, 6.07) is 5.28. The number of morpholine rings is 1. The lowest BCUT2D eigenvalue weighted by atomic mass is 10.2. The normalized spacial score (nSPS) is 26.5. The molecule has 20 heavy (non-hydrogen) atoms. The van der Waals surface area contributed by atoms with Gasteiger partial charge in [0.05, 0.1) is 18.2 Å². The van der Waals surface area contributed by atoms with Crippen molar-refractivity contribution in [2.45, 2.75) is 32.5 Å². The summed E-state index contributed by atoms with van der Waals surface area (Å²) in [4.78, 5) is 1.58. The van der Waals surface area contributed by atoms with Crippen LogP contribution in [0.1, 0.15) is 20.3 Å². The second-order valence-corrected chi connectivity index (χ2v) is 6.29. The minimum absolute atomic E-state index is 0.344. The maximum absolute atomic E-state index is 6.06. The van der Waals surface area contributed by atoms with Crippen molar-refractivity contribution in [2.75, 3.05) is 26.2 Å². The van der Waals surface area contributed by atoms with Crippen LogP contribution in [0.2, 0.25) is 10.0 Å². The molecule has 1 aliphatic heterocycles. The molecule has 0 aromatic heterocycles. The highest BCUT2D eigenvalue weighted by atomic mass is 35.5. The van der Waals surface area contributed by atoms with E-state index in [1.54, 1.807) is 23.1 Å². The summed E-state index contributed by atoms with van der Waals surface area (Å²) in [6.07, 6.45) is 1.69. The van der Waals surface area contributed by atoms with Crippen LogP contribution in [-0.4, -0.2) is 38.4 Å². The first-order valence-corrected chi connectivity index (χ1v) is 7.87. The average Bonchev–Trinajstić information content (AvgIpc) is 2.37. The molecule has 1 heterocycles. The van der Waals surface area contributed by atoms with Gasteiger partial charge in [-0.1, -0.05) is 23.2 Å². The predicted octanol–water partition coefficient (Wildman–Crippen LogP) is 2.45. The molecule has 112 valence electrons. The first kappa shape index (κ1) is 15.9. The second kappa shape index (κ2) is 7.51. The molecule has 3 nitrogen and oxygen atoms in total. The van der Waals surface area contributed by atoms with Crippen LogP contribution >= 0.6 is 23.2 Å². The van der Waals surface area contributed by atoms with Gasteiger partial charge in [0.15, 0.2) is 0 Å². The standard InChI is InChI=1S/C15H21Cl2NO2/c1-11-9-18(10-12(2)20-11)6-3-7-19-15-8-13(16)4-5-14(15)17/h4-5,8,11-12H,3,6-7,9-10H2,1-2H3/p+1/t11-,12-/m0/s1. The Labute approximate surface area is 130 Å². The van der Waals surface area contributed by atoms with E-state index in [1.807, 2.05) is 0 Å². The van der Waals surface area contributed by atoms with Crippen molar-refractivity contribution >= 4 is 23.2 Å². The molecule has 0 spiro atoms. The number of nitrogens with one attached hydrogen (secondary N) is 1. The summed E-state index contributed by atoms with van der Waals surface area (Å²) in [7, 11) is 0. The summed E-state index contributed by atoms with van der Waals surface area (Å²) >= 11 is 12.0. The molecule has 0 radical (unpaired) electrons. The summed E-state index contributed by atoms with van der Waals surface area (Å²) in [6.45, 7) is 8.17. The van der Waals surface area contributed by atoms with Crippen molar-refractivity contribution < 1.29 is 14.4 Å². The SMILES string of the molecule is C[C@H]1C[NH+](CCCOc2cc(Cl)ccc2Cl)C[C@H](C)O1. The van der Waals surface area contributed by atoms with Gasteiger partial charge in [0, 0.05) is 17.5 Å². The third-order valence-corrected chi connectivity index (χ3v) is 3.99. The van der Waals surface area contributed by atoms with E-state index < -0.39 is 0 Å². The van der Waals surface area contributed by atoms with Crippen LogP contribution in [0.25, 0.3) is 0 Å². The summed E-state index contributed by atoms with van der Waals surface area (Å²) in [5.41, 5.74) is 0. The fraction of sp³-hybridized carbons (Fsp3) is 0.600. The molecule has 0 aliphatic carbocycles. The Hall–Kier alpha value is -0.480. The zero-order valence-electron chi connectivity index (χ0n) is 12.0. The van der Waals surface area contributed by atoms with Crippen molar-refractivity contribution in [3.63, 3.8) is 0 Å². The van der Waals surface area contributed by atoms with E-state index in [-0.39, 0.29) is 0 Å². The van der Waals surface area contributed by atoms with Crippen molar-refractivity contribution in [3.8, 4) is 5.75 Å². The van der Waals surface area contributed by atoms with E-state index >= 15 is 0 Å². The monoisotopic (exact) mass is 318 g/mol. The highest BCUT2D eigenvalue weighted by Gasteiger charge is 2.24. The number of rotatable bonds is 5. The molecule has 0 saturated carbocycles. The van der Waals surface area contributed by atoms with Gasteiger partial charge in [-0.2, -0.15) is 0 Å². The van der Waals surface area contributed by atoms with Gasteiger partial charge >= 0.3 is 0 Å². The van der Waals surface area contributed by atoms with Gasteiger partial charge in [-0.15, -0.1) is 0 Å². The minimum Gasteiger partial charge on any atom is -0.492 e. The van der Waals surface area contributed by atoms with Gasteiger partial charge in [0.2, 0.25) is 0 Å². The van der Waals surface area contributed by atoms with Crippen LogP contribution in [0.15, 0.2) is 18.2 Å². The predicted molar refractivity (Wildman–Crippen MR) is 82.1 cm³/mol. The van der Waals surface area contributed by atoms with Crippen LogP contribution in [0.3, 0.4) is 0 Å². The lowest BCUT2D eigenvalue weighted by Crippen LogP contribution is -3.15. The maximum atomic E-state index is 6.06. The summed E-state index contributed by atoms with van der Waals surface area (Å²) in [5.74, 6) is 0.665. The number of benzene rings is 1. The number of hydrogen-bond acceptors (Lipinski definition) is 2. The molecule has 1 aliphatic rings. The number of halogens is 2. The van der Waals surface area contributed by atoms with Crippen LogP contribution < -0.4 is 9.64 Å². The lowest BCUT2D eigenvalue weighted by Gasteiger charge is -2.32. The van der Waals surface area contributed by atoms with Crippen molar-refractivity contribution in [1.82, 2.24) is 0 Å². The fourth-order valence-corrected chi connectivity index (χ4v) is 3.02. The number of ether oxygens (including phenoxy) is 2. The molecule has 0 unspecified atom stereocenters. The Kier molecular flexibility index (Phi) is 5.97. The number of hydrogen-bond donors (Lipinski definition) is 1. The van der Waals surface area contributed by atoms with Gasteiger partial charge in [-0.25, -0.2) is 0 Å². The van der Waals surface area contributed by atoms with Crippen LogP contribution in [0, 0.1) is 0 Å². The van der Waals surface area contributed by atoms with E-state index in [2.05, 4.69) is 13.8 Å². The van der Waals surface area contributed by atoms with E-state index in [0.29, 0.717) is 34.6 Å². The molecule has 1 aromatic carbocycles. The Bertz CT molecular complexity index is 432. The molecule has 2 atom stereocenters. The van der Waals surface area contributed by atoms with E-state index in [1.165, 1.54) is 0 Å². The highest BCUT2D eigenvalue weighted by molar-refractivity contribution is 6.34. The van der Waals surface area contributed by atoms with Crippen LogP contribution in [-0.2, 0) is 4.74 Å². The minimum atomic E-state index is 0.344. The Balaban J connectivity index is 1.72. The molecule has 1 fully saturated rings. The smallest absolute Gasteiger partial charge is 0.139 e. The molecule has 0 amide bonds. The van der Waals surface area contributed by atoms with E-state index in [0.717, 1.165) is 26.1 Å². The summed E-state index contributed by atoms with van der Waals surface area (Å²) < 4.78 is 11.4. The fourth-order valence-electron chi connectivity index (χ4n) is 2.69. The topological polar surface area (TPSA) is 22.9 Å². The Morgan fingerprint density at radius 1 is 1.25 bits per heavy atom. The molecule has 5 heteroatoms.